The maximum Gasteiger partial charge on any atom is 0.156 e. The highest BCUT2D eigenvalue weighted by molar-refractivity contribution is 6.33. The van der Waals surface area contributed by atoms with Crippen LogP contribution >= 0.6 is 11.6 Å². The molecule has 0 unspecified atom stereocenters. The molecule has 0 radical (unpaired) electrons. The number of aryl methyl sites for hydroxylation is 2. The molecule has 0 amide bonds. The molecule has 0 N–H and O–H groups in total. The molecule has 4 heteroatoms. The molecule has 0 aliphatic heterocycles. The summed E-state index contributed by atoms with van der Waals surface area (Å²) in [5, 5.41) is 0.510. The molecule has 0 atom stereocenters. The minimum absolute atomic E-state index is 0.510. The average molecular weight is 182 g/mol. The Balaban J connectivity index is 2.99. The summed E-state index contributed by atoms with van der Waals surface area (Å²) in [5.74, 6) is 0. The van der Waals surface area contributed by atoms with Crippen molar-refractivity contribution in [2.45, 2.75) is 6.92 Å². The Labute approximate surface area is 75.0 Å². The Hall–Kier alpha value is -1.09. The van der Waals surface area contributed by atoms with Crippen molar-refractivity contribution in [3.8, 4) is 0 Å². The first-order valence-electron chi connectivity index (χ1n) is 3.62. The van der Waals surface area contributed by atoms with E-state index in [1.165, 1.54) is 6.33 Å². The Morgan fingerprint density at radius 3 is 2.83 bits per heavy atom. The van der Waals surface area contributed by atoms with Crippen LogP contribution in [0.1, 0.15) is 5.56 Å². The first-order valence-corrected chi connectivity index (χ1v) is 4.00. The lowest BCUT2D eigenvalue weighted by atomic mass is 10.3. The van der Waals surface area contributed by atoms with Gasteiger partial charge >= 0.3 is 0 Å². The quantitative estimate of drug-likeness (QED) is 0.582. The second kappa shape index (κ2) is 2.45. The van der Waals surface area contributed by atoms with Crippen LogP contribution in [-0.2, 0) is 7.05 Å². The normalized spacial score (nSPS) is 10.9. The minimum Gasteiger partial charge on any atom is -0.346 e. The molecule has 0 aromatic carbocycles. The third-order valence-electron chi connectivity index (χ3n) is 1.89. The summed E-state index contributed by atoms with van der Waals surface area (Å²) in [7, 11) is 1.94. The smallest absolute Gasteiger partial charge is 0.156 e. The fraction of sp³-hybridized carbons (Fsp3) is 0.250. The van der Waals surface area contributed by atoms with Gasteiger partial charge in [-0.15, -0.1) is 0 Å². The maximum absolute atomic E-state index is 5.90. The fourth-order valence-electron chi connectivity index (χ4n) is 1.37. The van der Waals surface area contributed by atoms with E-state index >= 15 is 0 Å². The molecule has 2 aromatic rings. The van der Waals surface area contributed by atoms with Gasteiger partial charge in [0.2, 0.25) is 0 Å². The summed E-state index contributed by atoms with van der Waals surface area (Å²) >= 11 is 5.90. The van der Waals surface area contributed by atoms with E-state index in [4.69, 9.17) is 11.6 Å². The van der Waals surface area contributed by atoms with Crippen LogP contribution < -0.4 is 0 Å². The first-order chi connectivity index (χ1) is 5.70. The van der Waals surface area contributed by atoms with Crippen molar-refractivity contribution in [1.82, 2.24) is 14.5 Å². The molecule has 2 heterocycles. The summed E-state index contributed by atoms with van der Waals surface area (Å²) in [6.07, 6.45) is 3.48. The molecule has 12 heavy (non-hydrogen) atoms. The molecule has 0 spiro atoms. The van der Waals surface area contributed by atoms with Crippen LogP contribution in [0.15, 0.2) is 12.5 Å². The number of hydrogen-bond donors (Lipinski definition) is 0. The lowest BCUT2D eigenvalue weighted by Crippen LogP contribution is -1.88. The zero-order chi connectivity index (χ0) is 8.72. The molecule has 62 valence electrons. The minimum atomic E-state index is 0.510. The van der Waals surface area contributed by atoms with E-state index in [0.717, 1.165) is 16.6 Å². The van der Waals surface area contributed by atoms with Gasteiger partial charge in [-0.3, -0.25) is 0 Å². The van der Waals surface area contributed by atoms with E-state index in [0.29, 0.717) is 5.15 Å². The van der Waals surface area contributed by atoms with E-state index in [1.54, 1.807) is 0 Å². The number of halogens is 1. The monoisotopic (exact) mass is 181 g/mol. The van der Waals surface area contributed by atoms with Gasteiger partial charge in [0.05, 0.1) is 5.52 Å². The van der Waals surface area contributed by atoms with Crippen molar-refractivity contribution in [2.75, 3.05) is 0 Å². The average Bonchev–Trinajstić information content (AvgIpc) is 2.29. The number of fused-ring (bicyclic) bond motifs is 1. The summed E-state index contributed by atoms with van der Waals surface area (Å²) < 4.78 is 1.94. The molecule has 2 rings (SSSR count). The number of hydrogen-bond acceptors (Lipinski definition) is 2. The summed E-state index contributed by atoms with van der Waals surface area (Å²) in [6, 6.07) is 0. The Bertz CT molecular complexity index is 433. The third kappa shape index (κ3) is 0.898. The second-order valence-corrected chi connectivity index (χ2v) is 3.14. The predicted molar refractivity (Wildman–Crippen MR) is 48.3 cm³/mol. The highest BCUT2D eigenvalue weighted by Crippen LogP contribution is 2.22. The molecule has 0 aliphatic carbocycles. The summed E-state index contributed by atoms with van der Waals surface area (Å²) in [6.45, 7) is 2.01. The van der Waals surface area contributed by atoms with Crippen molar-refractivity contribution in [3.63, 3.8) is 0 Å². The lowest BCUT2D eigenvalue weighted by molar-refractivity contribution is 0.958. The number of rotatable bonds is 0. The van der Waals surface area contributed by atoms with Gasteiger partial charge in [0.1, 0.15) is 11.8 Å². The maximum atomic E-state index is 5.90. The van der Waals surface area contributed by atoms with Crippen LogP contribution in [0.3, 0.4) is 0 Å². The van der Waals surface area contributed by atoms with Gasteiger partial charge in [-0.05, 0) is 12.5 Å². The van der Waals surface area contributed by atoms with Crippen LogP contribution in [0, 0.1) is 6.92 Å². The Morgan fingerprint density at radius 1 is 1.42 bits per heavy atom. The second-order valence-electron chi connectivity index (χ2n) is 2.78. The van der Waals surface area contributed by atoms with Crippen LogP contribution in [0.2, 0.25) is 5.15 Å². The Kier molecular flexibility index (Phi) is 1.54. The predicted octanol–water partition coefficient (Wildman–Crippen LogP) is 1.93. The molecule has 0 aliphatic rings. The van der Waals surface area contributed by atoms with Gasteiger partial charge in [-0.2, -0.15) is 0 Å². The van der Waals surface area contributed by atoms with Crippen LogP contribution in [0.25, 0.3) is 11.0 Å². The molecule has 3 nitrogen and oxygen atoms in total. The fourth-order valence-corrected chi connectivity index (χ4v) is 1.64. The molecule has 0 bridgehead atoms. The first kappa shape index (κ1) is 7.55. The van der Waals surface area contributed by atoms with Crippen molar-refractivity contribution in [1.29, 1.82) is 0 Å². The molecule has 2 aromatic heterocycles. The molecule has 0 saturated heterocycles. The molecular weight excluding hydrogens is 174 g/mol. The highest BCUT2D eigenvalue weighted by Gasteiger charge is 2.07. The lowest BCUT2D eigenvalue weighted by Gasteiger charge is -1.95. The Morgan fingerprint density at radius 2 is 2.17 bits per heavy atom. The van der Waals surface area contributed by atoms with Gasteiger partial charge in [0.25, 0.3) is 0 Å². The van der Waals surface area contributed by atoms with Gasteiger partial charge in [-0.25, -0.2) is 9.97 Å². The zero-order valence-corrected chi connectivity index (χ0v) is 7.63. The van der Waals surface area contributed by atoms with E-state index < -0.39 is 0 Å². The third-order valence-corrected chi connectivity index (χ3v) is 2.17. The highest BCUT2D eigenvalue weighted by atomic mass is 35.5. The van der Waals surface area contributed by atoms with Gasteiger partial charge in [0.15, 0.2) is 5.15 Å². The van der Waals surface area contributed by atoms with Crippen molar-refractivity contribution in [2.24, 2.45) is 7.05 Å². The van der Waals surface area contributed by atoms with Crippen molar-refractivity contribution in [3.05, 3.63) is 23.2 Å². The van der Waals surface area contributed by atoms with E-state index in [2.05, 4.69) is 9.97 Å². The van der Waals surface area contributed by atoms with Gasteiger partial charge in [-0.1, -0.05) is 11.6 Å². The van der Waals surface area contributed by atoms with Gasteiger partial charge < -0.3 is 4.57 Å². The van der Waals surface area contributed by atoms with Crippen LogP contribution in [0.4, 0.5) is 0 Å². The zero-order valence-electron chi connectivity index (χ0n) is 6.87. The van der Waals surface area contributed by atoms with E-state index in [1.807, 2.05) is 24.7 Å². The molecule has 0 saturated carbocycles. The largest absolute Gasteiger partial charge is 0.346 e. The molecular formula is C8H8ClN3. The van der Waals surface area contributed by atoms with Crippen LogP contribution in [0.5, 0.6) is 0 Å². The number of aromatic nitrogens is 3. The van der Waals surface area contributed by atoms with Crippen molar-refractivity contribution >= 4 is 22.6 Å². The van der Waals surface area contributed by atoms with Crippen LogP contribution in [-0.4, -0.2) is 14.5 Å². The summed E-state index contributed by atoms with van der Waals surface area (Å²) in [5.41, 5.74) is 2.95. The van der Waals surface area contributed by atoms with E-state index in [9.17, 15) is 0 Å². The number of nitrogens with zero attached hydrogens (tertiary/aromatic N) is 3. The topological polar surface area (TPSA) is 30.7 Å². The summed E-state index contributed by atoms with van der Waals surface area (Å²) in [4.78, 5) is 8.06. The SMILES string of the molecule is Cc1cn(C)c2c(Cl)ncnc12. The standard InChI is InChI=1S/C8H8ClN3/c1-5-3-12(2)7-6(5)10-4-11-8(7)9/h3-4H,1-2H3. The van der Waals surface area contributed by atoms with E-state index in [-0.39, 0.29) is 0 Å². The van der Waals surface area contributed by atoms with Gasteiger partial charge in [0, 0.05) is 13.2 Å². The molecule has 0 fully saturated rings. The van der Waals surface area contributed by atoms with Crippen molar-refractivity contribution < 1.29 is 0 Å².